The van der Waals surface area contributed by atoms with Crippen LogP contribution in [0.2, 0.25) is 5.02 Å². The van der Waals surface area contributed by atoms with Gasteiger partial charge < -0.3 is 15.4 Å². The van der Waals surface area contributed by atoms with Gasteiger partial charge in [-0.25, -0.2) is 22.8 Å². The maximum atomic E-state index is 13.4. The summed E-state index contributed by atoms with van der Waals surface area (Å²) in [5, 5.41) is 11.3. The lowest BCUT2D eigenvalue weighted by Crippen LogP contribution is -2.24. The van der Waals surface area contributed by atoms with E-state index in [1.807, 2.05) is 6.20 Å². The zero-order valence-electron chi connectivity index (χ0n) is 19.6. The molecule has 9 nitrogen and oxygen atoms in total. The Balaban J connectivity index is 1.36. The Morgan fingerprint density at radius 3 is 2.78 bits per heavy atom. The second kappa shape index (κ2) is 11.6. The highest BCUT2D eigenvalue weighted by Crippen LogP contribution is 2.30. The van der Waals surface area contributed by atoms with Crippen LogP contribution in [0.25, 0.3) is 11.0 Å². The van der Waals surface area contributed by atoms with E-state index in [1.165, 1.54) is 24.7 Å². The van der Waals surface area contributed by atoms with Crippen LogP contribution < -0.4 is 15.4 Å². The smallest absolute Gasteiger partial charge is 0.162 e. The van der Waals surface area contributed by atoms with Gasteiger partial charge in [0.15, 0.2) is 11.3 Å². The van der Waals surface area contributed by atoms with Gasteiger partial charge in [-0.3, -0.25) is 4.68 Å². The van der Waals surface area contributed by atoms with Crippen molar-refractivity contribution >= 4 is 44.0 Å². The SMILES string of the molecule is CS(=O)(=O)CCNCCCn1cc2ncnc(Nc3ccc(OCc4cccc(F)c4)c(Cl)c3)c2n1. The van der Waals surface area contributed by atoms with Gasteiger partial charge in [0.2, 0.25) is 0 Å². The first-order valence-corrected chi connectivity index (χ1v) is 13.7. The summed E-state index contributed by atoms with van der Waals surface area (Å²) in [5.74, 6) is 0.817. The molecule has 0 amide bonds. The van der Waals surface area contributed by atoms with Crippen LogP contribution in [-0.2, 0) is 23.0 Å². The van der Waals surface area contributed by atoms with Crippen LogP contribution >= 0.6 is 11.6 Å². The Hall–Kier alpha value is -3.28. The lowest BCUT2D eigenvalue weighted by molar-refractivity contribution is 0.306. The Labute approximate surface area is 213 Å². The van der Waals surface area contributed by atoms with Crippen molar-refractivity contribution in [3.8, 4) is 5.75 Å². The highest BCUT2D eigenvalue weighted by atomic mass is 35.5. The first-order valence-electron chi connectivity index (χ1n) is 11.3. The lowest BCUT2D eigenvalue weighted by atomic mass is 10.2. The zero-order chi connectivity index (χ0) is 25.5. The molecule has 190 valence electrons. The predicted molar refractivity (Wildman–Crippen MR) is 138 cm³/mol. The van der Waals surface area contributed by atoms with Gasteiger partial charge in [-0.05, 0) is 48.9 Å². The second-order valence-corrected chi connectivity index (χ2v) is 10.9. The molecule has 0 spiro atoms. The van der Waals surface area contributed by atoms with Gasteiger partial charge in [0.05, 0.1) is 17.0 Å². The Kier molecular flexibility index (Phi) is 8.34. The van der Waals surface area contributed by atoms with Gasteiger partial charge in [0.1, 0.15) is 39.9 Å². The number of ether oxygens (including phenoxy) is 1. The molecule has 12 heteroatoms. The molecule has 0 saturated carbocycles. The van der Waals surface area contributed by atoms with Crippen molar-refractivity contribution in [1.29, 1.82) is 0 Å². The van der Waals surface area contributed by atoms with Crippen molar-refractivity contribution in [3.63, 3.8) is 0 Å². The fraction of sp³-hybridized carbons (Fsp3) is 0.292. The number of nitrogens with one attached hydrogen (secondary N) is 2. The largest absolute Gasteiger partial charge is 0.487 e. The molecule has 0 unspecified atom stereocenters. The van der Waals surface area contributed by atoms with Crippen molar-refractivity contribution in [3.05, 3.63) is 71.4 Å². The number of nitrogens with zero attached hydrogens (tertiary/aromatic N) is 4. The number of aromatic nitrogens is 4. The van der Waals surface area contributed by atoms with Crippen molar-refractivity contribution < 1.29 is 17.5 Å². The molecule has 0 bridgehead atoms. The van der Waals surface area contributed by atoms with Crippen LogP contribution in [0.5, 0.6) is 5.75 Å². The van der Waals surface area contributed by atoms with Crippen LogP contribution in [-0.4, -0.2) is 53.3 Å². The van der Waals surface area contributed by atoms with Crippen molar-refractivity contribution in [2.75, 3.05) is 30.4 Å². The van der Waals surface area contributed by atoms with E-state index in [-0.39, 0.29) is 18.2 Å². The normalized spacial score (nSPS) is 11.6. The van der Waals surface area contributed by atoms with E-state index in [9.17, 15) is 12.8 Å². The van der Waals surface area contributed by atoms with E-state index in [0.29, 0.717) is 58.5 Å². The van der Waals surface area contributed by atoms with Gasteiger partial charge in [-0.2, -0.15) is 5.10 Å². The third-order valence-corrected chi connectivity index (χ3v) is 6.46. The van der Waals surface area contributed by atoms with Crippen LogP contribution in [0.1, 0.15) is 12.0 Å². The molecule has 2 aromatic carbocycles. The average molecular weight is 533 g/mol. The molecular weight excluding hydrogens is 507 g/mol. The van der Waals surface area contributed by atoms with Gasteiger partial charge >= 0.3 is 0 Å². The summed E-state index contributed by atoms with van der Waals surface area (Å²) in [5.41, 5.74) is 2.71. The summed E-state index contributed by atoms with van der Waals surface area (Å²) in [6.07, 6.45) is 5.30. The monoisotopic (exact) mass is 532 g/mol. The highest BCUT2D eigenvalue weighted by molar-refractivity contribution is 7.90. The zero-order valence-corrected chi connectivity index (χ0v) is 21.2. The molecule has 2 aromatic heterocycles. The molecule has 0 saturated heterocycles. The quantitative estimate of drug-likeness (QED) is 0.264. The number of fused-ring (bicyclic) bond motifs is 1. The maximum absolute atomic E-state index is 13.4. The van der Waals surface area contributed by atoms with Crippen LogP contribution in [0.3, 0.4) is 0 Å². The minimum absolute atomic E-state index is 0.118. The molecule has 2 heterocycles. The Bertz CT molecular complexity index is 1450. The van der Waals surface area contributed by atoms with E-state index >= 15 is 0 Å². The van der Waals surface area contributed by atoms with E-state index < -0.39 is 9.84 Å². The van der Waals surface area contributed by atoms with Crippen molar-refractivity contribution in [2.45, 2.75) is 19.6 Å². The van der Waals surface area contributed by atoms with Gasteiger partial charge in [-0.1, -0.05) is 23.7 Å². The summed E-state index contributed by atoms with van der Waals surface area (Å²) in [4.78, 5) is 8.61. The number of benzene rings is 2. The molecule has 4 rings (SSSR count). The molecule has 4 aromatic rings. The van der Waals surface area contributed by atoms with Crippen molar-refractivity contribution in [1.82, 2.24) is 25.1 Å². The standard InChI is InChI=1S/C24H26ClFN6O3S/c1-36(33,34)11-9-27-8-3-10-32-14-21-23(31-32)24(29-16-28-21)30-19-6-7-22(20(25)13-19)35-15-17-4-2-5-18(26)12-17/h2,4-7,12-14,16,27H,3,8-11,15H2,1H3,(H,28,29,30). The summed E-state index contributed by atoms with van der Waals surface area (Å²) >= 11 is 6.40. The number of aryl methyl sites for hydroxylation is 1. The van der Waals surface area contributed by atoms with Gasteiger partial charge in [0.25, 0.3) is 0 Å². The third kappa shape index (κ3) is 7.36. The molecular formula is C24H26ClFN6O3S. The maximum Gasteiger partial charge on any atom is 0.162 e. The van der Waals surface area contributed by atoms with Gasteiger partial charge in [0, 0.05) is 25.0 Å². The first kappa shape index (κ1) is 25.8. The fourth-order valence-electron chi connectivity index (χ4n) is 3.46. The van der Waals surface area contributed by atoms with E-state index in [0.717, 1.165) is 6.42 Å². The third-order valence-electron chi connectivity index (χ3n) is 5.22. The lowest BCUT2D eigenvalue weighted by Gasteiger charge is -2.11. The molecule has 0 atom stereocenters. The van der Waals surface area contributed by atoms with E-state index in [4.69, 9.17) is 16.3 Å². The number of sulfone groups is 1. The minimum atomic E-state index is -2.96. The minimum Gasteiger partial charge on any atom is -0.487 e. The molecule has 0 fully saturated rings. The average Bonchev–Trinajstić information content (AvgIpc) is 3.24. The molecule has 0 aliphatic carbocycles. The molecule has 0 aliphatic heterocycles. The van der Waals surface area contributed by atoms with Crippen LogP contribution in [0, 0.1) is 5.82 Å². The van der Waals surface area contributed by atoms with Crippen molar-refractivity contribution in [2.24, 2.45) is 0 Å². The van der Waals surface area contributed by atoms with E-state index in [2.05, 4.69) is 25.7 Å². The molecule has 0 radical (unpaired) electrons. The number of halogens is 2. The Morgan fingerprint density at radius 1 is 1.14 bits per heavy atom. The highest BCUT2D eigenvalue weighted by Gasteiger charge is 2.11. The topological polar surface area (TPSA) is 111 Å². The summed E-state index contributed by atoms with van der Waals surface area (Å²) in [6, 6.07) is 11.5. The molecule has 0 aliphatic rings. The number of hydrogen-bond donors (Lipinski definition) is 2. The predicted octanol–water partition coefficient (Wildman–Crippen LogP) is 3.97. The summed E-state index contributed by atoms with van der Waals surface area (Å²) in [7, 11) is -2.96. The van der Waals surface area contributed by atoms with E-state index in [1.54, 1.807) is 35.0 Å². The van der Waals surface area contributed by atoms with Gasteiger partial charge in [-0.15, -0.1) is 0 Å². The number of hydrogen-bond acceptors (Lipinski definition) is 8. The summed E-state index contributed by atoms with van der Waals surface area (Å²) < 4.78 is 43.2. The number of rotatable bonds is 12. The molecule has 36 heavy (non-hydrogen) atoms. The number of anilines is 2. The van der Waals surface area contributed by atoms with Crippen LogP contribution in [0.15, 0.2) is 55.0 Å². The second-order valence-electron chi connectivity index (χ2n) is 8.27. The summed E-state index contributed by atoms with van der Waals surface area (Å²) in [6.45, 7) is 1.94. The fourth-order valence-corrected chi connectivity index (χ4v) is 4.21. The van der Waals surface area contributed by atoms with Crippen LogP contribution in [0.4, 0.5) is 15.9 Å². The molecule has 2 N–H and O–H groups in total. The Morgan fingerprint density at radius 2 is 2.00 bits per heavy atom. The first-order chi connectivity index (χ1) is 17.3.